The Morgan fingerprint density at radius 2 is 1.63 bits per heavy atom. The molecular weight excluding hydrogens is 387 g/mol. The van der Waals surface area contributed by atoms with Gasteiger partial charge in [-0.3, -0.25) is 9.59 Å². The van der Waals surface area contributed by atoms with Gasteiger partial charge >= 0.3 is 0 Å². The second-order valence-corrected chi connectivity index (χ2v) is 7.47. The number of likely N-dealkylation sites (tertiary alicyclic amines) is 1. The van der Waals surface area contributed by atoms with Gasteiger partial charge in [-0.25, -0.2) is 0 Å². The number of anilines is 1. The lowest BCUT2D eigenvalue weighted by Gasteiger charge is -2.29. The smallest absolute Gasteiger partial charge is 0.255 e. The molecule has 0 aromatic heterocycles. The van der Waals surface area contributed by atoms with Crippen molar-refractivity contribution in [3.8, 4) is 0 Å². The molecule has 0 unspecified atom stereocenters. The molecule has 1 aliphatic heterocycles. The van der Waals surface area contributed by atoms with Crippen LogP contribution in [-0.4, -0.2) is 41.0 Å². The first-order valence-corrected chi connectivity index (χ1v) is 9.48. The van der Waals surface area contributed by atoms with Gasteiger partial charge in [-0.15, -0.1) is 0 Å². The molecule has 5 nitrogen and oxygen atoms in total. The Hall–Kier alpha value is -2.08. The Bertz CT molecular complexity index is 811. The average Bonchev–Trinajstić information content (AvgIpc) is 2.63. The number of hydrogen-bond acceptors (Lipinski definition) is 3. The Labute approximate surface area is 167 Å². The van der Waals surface area contributed by atoms with Crippen molar-refractivity contribution in [2.24, 2.45) is 0 Å². The summed E-state index contributed by atoms with van der Waals surface area (Å²) in [6.07, 6.45) is 1.26. The van der Waals surface area contributed by atoms with Crippen LogP contribution in [0.15, 0.2) is 42.5 Å². The van der Waals surface area contributed by atoms with Crippen LogP contribution in [0.1, 0.15) is 28.8 Å². The number of hydrogen-bond donors (Lipinski definition) is 2. The van der Waals surface area contributed by atoms with Gasteiger partial charge in [0.2, 0.25) is 5.91 Å². The van der Waals surface area contributed by atoms with E-state index in [1.54, 1.807) is 35.2 Å². The van der Waals surface area contributed by atoms with E-state index in [2.05, 4.69) is 5.32 Å². The number of halogens is 2. The first-order valence-electron chi connectivity index (χ1n) is 8.73. The SMILES string of the molecule is O=C(Nc1ccc(CC(=O)N2CCC(O)CC2)cc1)c1cc(Cl)cc(Cl)c1. The van der Waals surface area contributed by atoms with Crippen LogP contribution in [0.2, 0.25) is 10.0 Å². The lowest BCUT2D eigenvalue weighted by Crippen LogP contribution is -2.40. The van der Waals surface area contributed by atoms with Crippen molar-refractivity contribution < 1.29 is 14.7 Å². The van der Waals surface area contributed by atoms with Gasteiger partial charge in [0, 0.05) is 34.4 Å². The quantitative estimate of drug-likeness (QED) is 0.811. The van der Waals surface area contributed by atoms with Crippen molar-refractivity contribution in [1.29, 1.82) is 0 Å². The number of carbonyl (C=O) groups excluding carboxylic acids is 2. The fraction of sp³-hybridized carbons (Fsp3) is 0.300. The minimum absolute atomic E-state index is 0.0484. The van der Waals surface area contributed by atoms with E-state index in [0.29, 0.717) is 53.6 Å². The molecule has 1 saturated heterocycles. The molecule has 0 bridgehead atoms. The van der Waals surface area contributed by atoms with E-state index in [4.69, 9.17) is 23.2 Å². The number of nitrogens with one attached hydrogen (secondary N) is 1. The molecule has 0 radical (unpaired) electrons. The van der Waals surface area contributed by atoms with E-state index in [9.17, 15) is 14.7 Å². The summed E-state index contributed by atoms with van der Waals surface area (Å²) in [6.45, 7) is 1.19. The number of aliphatic hydroxyl groups excluding tert-OH is 1. The molecule has 0 spiro atoms. The number of rotatable bonds is 4. The summed E-state index contributed by atoms with van der Waals surface area (Å²) in [7, 11) is 0. The lowest BCUT2D eigenvalue weighted by molar-refractivity contribution is -0.132. The highest BCUT2D eigenvalue weighted by molar-refractivity contribution is 6.35. The molecule has 7 heteroatoms. The second kappa shape index (κ2) is 8.74. The third-order valence-electron chi connectivity index (χ3n) is 4.51. The maximum Gasteiger partial charge on any atom is 0.255 e. The predicted octanol–water partition coefficient (Wildman–Crippen LogP) is 3.77. The van der Waals surface area contributed by atoms with Crippen molar-refractivity contribution in [2.45, 2.75) is 25.4 Å². The van der Waals surface area contributed by atoms with Gasteiger partial charge in [0.15, 0.2) is 0 Å². The average molecular weight is 407 g/mol. The highest BCUT2D eigenvalue weighted by Gasteiger charge is 2.21. The largest absolute Gasteiger partial charge is 0.393 e. The molecule has 2 N–H and O–H groups in total. The molecular formula is C20H20Cl2N2O3. The topological polar surface area (TPSA) is 69.6 Å². The van der Waals surface area contributed by atoms with Gasteiger partial charge in [0.05, 0.1) is 12.5 Å². The first kappa shape index (κ1) is 19.7. The molecule has 0 atom stereocenters. The van der Waals surface area contributed by atoms with Crippen molar-refractivity contribution in [2.75, 3.05) is 18.4 Å². The summed E-state index contributed by atoms with van der Waals surface area (Å²) >= 11 is 11.8. The van der Waals surface area contributed by atoms with Crippen molar-refractivity contribution in [3.63, 3.8) is 0 Å². The van der Waals surface area contributed by atoms with E-state index in [-0.39, 0.29) is 17.9 Å². The van der Waals surface area contributed by atoms with Crippen LogP contribution in [-0.2, 0) is 11.2 Å². The summed E-state index contributed by atoms with van der Waals surface area (Å²) in [6, 6.07) is 11.8. The number of amides is 2. The number of nitrogens with zero attached hydrogens (tertiary/aromatic N) is 1. The lowest BCUT2D eigenvalue weighted by atomic mass is 10.1. The van der Waals surface area contributed by atoms with Crippen LogP contribution in [0.5, 0.6) is 0 Å². The van der Waals surface area contributed by atoms with Crippen LogP contribution >= 0.6 is 23.2 Å². The summed E-state index contributed by atoms with van der Waals surface area (Å²) in [5.74, 6) is -0.262. The number of aliphatic hydroxyl groups is 1. The van der Waals surface area contributed by atoms with Gasteiger partial charge in [0.25, 0.3) is 5.91 Å². The molecule has 27 heavy (non-hydrogen) atoms. The molecule has 2 aromatic carbocycles. The third-order valence-corrected chi connectivity index (χ3v) is 4.95. The minimum atomic E-state index is -0.310. The second-order valence-electron chi connectivity index (χ2n) is 6.60. The van der Waals surface area contributed by atoms with Gasteiger partial charge in [0.1, 0.15) is 0 Å². The van der Waals surface area contributed by atoms with Crippen LogP contribution in [0.3, 0.4) is 0 Å². The zero-order valence-corrected chi connectivity index (χ0v) is 16.1. The molecule has 1 fully saturated rings. The van der Waals surface area contributed by atoms with E-state index < -0.39 is 0 Å². The predicted molar refractivity (Wildman–Crippen MR) is 106 cm³/mol. The number of piperidine rings is 1. The molecule has 2 amide bonds. The van der Waals surface area contributed by atoms with E-state index in [1.807, 2.05) is 12.1 Å². The fourth-order valence-electron chi connectivity index (χ4n) is 3.00. The molecule has 142 valence electrons. The summed E-state index contributed by atoms with van der Waals surface area (Å²) in [5.41, 5.74) is 1.86. The standard InChI is InChI=1S/C20H20Cl2N2O3/c21-15-10-14(11-16(22)12-15)20(27)23-17-3-1-13(2-4-17)9-19(26)24-7-5-18(25)6-8-24/h1-4,10-12,18,25H,5-9H2,(H,23,27). The normalized spacial score (nSPS) is 14.9. The Kier molecular flexibility index (Phi) is 6.37. The highest BCUT2D eigenvalue weighted by Crippen LogP contribution is 2.20. The highest BCUT2D eigenvalue weighted by atomic mass is 35.5. The molecule has 2 aromatic rings. The Morgan fingerprint density at radius 3 is 2.22 bits per heavy atom. The number of carbonyl (C=O) groups is 2. The van der Waals surface area contributed by atoms with Crippen LogP contribution in [0, 0.1) is 0 Å². The van der Waals surface area contributed by atoms with E-state index in [1.165, 1.54) is 0 Å². The zero-order valence-electron chi connectivity index (χ0n) is 14.6. The first-order chi connectivity index (χ1) is 12.9. The van der Waals surface area contributed by atoms with Gasteiger partial charge in [-0.2, -0.15) is 0 Å². The zero-order chi connectivity index (χ0) is 19.4. The molecule has 0 saturated carbocycles. The summed E-state index contributed by atoms with van der Waals surface area (Å²) in [5, 5.41) is 13.1. The monoisotopic (exact) mass is 406 g/mol. The van der Waals surface area contributed by atoms with Crippen LogP contribution in [0.4, 0.5) is 5.69 Å². The van der Waals surface area contributed by atoms with E-state index in [0.717, 1.165) is 5.56 Å². The van der Waals surface area contributed by atoms with Gasteiger partial charge < -0.3 is 15.3 Å². The summed E-state index contributed by atoms with van der Waals surface area (Å²) < 4.78 is 0. The molecule has 1 aliphatic rings. The van der Waals surface area contributed by atoms with Gasteiger partial charge in [-0.05, 0) is 48.7 Å². The fourth-order valence-corrected chi connectivity index (χ4v) is 3.52. The molecule has 1 heterocycles. The maximum absolute atomic E-state index is 12.3. The maximum atomic E-state index is 12.3. The van der Waals surface area contributed by atoms with Crippen LogP contribution in [0.25, 0.3) is 0 Å². The van der Waals surface area contributed by atoms with Crippen molar-refractivity contribution in [1.82, 2.24) is 4.90 Å². The molecule has 0 aliphatic carbocycles. The minimum Gasteiger partial charge on any atom is -0.393 e. The van der Waals surface area contributed by atoms with Crippen molar-refractivity contribution in [3.05, 3.63) is 63.6 Å². The van der Waals surface area contributed by atoms with E-state index >= 15 is 0 Å². The number of benzene rings is 2. The van der Waals surface area contributed by atoms with Crippen molar-refractivity contribution >= 4 is 40.7 Å². The third kappa shape index (κ3) is 5.45. The van der Waals surface area contributed by atoms with Gasteiger partial charge in [-0.1, -0.05) is 35.3 Å². The Morgan fingerprint density at radius 1 is 1.04 bits per heavy atom. The summed E-state index contributed by atoms with van der Waals surface area (Å²) in [4.78, 5) is 26.4. The Balaban J connectivity index is 1.58. The molecule has 3 rings (SSSR count). The van der Waals surface area contributed by atoms with Crippen LogP contribution < -0.4 is 5.32 Å².